The number of rotatable bonds is 4. The summed E-state index contributed by atoms with van der Waals surface area (Å²) < 4.78 is 13.4. The lowest BCUT2D eigenvalue weighted by atomic mass is 9.90. The Hall–Kier alpha value is -2.73. The SMILES string of the molecule is CC(C)CN1C(=O)C2ON(c3ccccc3)C(c3ccc(F)cc3)C2C1=O. The van der Waals surface area contributed by atoms with E-state index in [2.05, 4.69) is 0 Å². The maximum atomic E-state index is 13.4. The van der Waals surface area contributed by atoms with Crippen LogP contribution in [0.25, 0.3) is 0 Å². The molecule has 0 spiro atoms. The number of benzene rings is 2. The van der Waals surface area contributed by atoms with Gasteiger partial charge in [0.05, 0.1) is 11.7 Å². The van der Waals surface area contributed by atoms with Crippen molar-refractivity contribution in [2.75, 3.05) is 11.6 Å². The first-order valence-corrected chi connectivity index (χ1v) is 9.09. The third-order valence-corrected chi connectivity index (χ3v) is 4.98. The number of anilines is 1. The van der Waals surface area contributed by atoms with E-state index in [1.54, 1.807) is 17.2 Å². The first-order chi connectivity index (χ1) is 13.0. The Morgan fingerprint density at radius 1 is 1.00 bits per heavy atom. The van der Waals surface area contributed by atoms with Crippen LogP contribution in [0.2, 0.25) is 0 Å². The van der Waals surface area contributed by atoms with Crippen molar-refractivity contribution < 1.29 is 18.8 Å². The van der Waals surface area contributed by atoms with Crippen LogP contribution in [0, 0.1) is 17.7 Å². The van der Waals surface area contributed by atoms with Gasteiger partial charge < -0.3 is 0 Å². The topological polar surface area (TPSA) is 49.9 Å². The van der Waals surface area contributed by atoms with Gasteiger partial charge >= 0.3 is 0 Å². The van der Waals surface area contributed by atoms with Crippen LogP contribution < -0.4 is 5.06 Å². The van der Waals surface area contributed by atoms with Gasteiger partial charge in [-0.05, 0) is 35.7 Å². The zero-order valence-corrected chi connectivity index (χ0v) is 15.2. The van der Waals surface area contributed by atoms with Crippen LogP contribution in [-0.2, 0) is 14.4 Å². The molecular formula is C21H21FN2O3. The zero-order valence-electron chi connectivity index (χ0n) is 15.2. The minimum Gasteiger partial charge on any atom is -0.280 e. The molecule has 0 saturated carbocycles. The molecule has 2 aliphatic heterocycles. The molecule has 2 saturated heterocycles. The fourth-order valence-electron chi connectivity index (χ4n) is 3.81. The average molecular weight is 368 g/mol. The number of hydroxylamine groups is 1. The van der Waals surface area contributed by atoms with Crippen LogP contribution in [0.3, 0.4) is 0 Å². The molecule has 27 heavy (non-hydrogen) atoms. The molecule has 2 aromatic rings. The number of carbonyl (C=O) groups is 2. The monoisotopic (exact) mass is 368 g/mol. The standard InChI is InChI=1S/C21H21FN2O3/c1-13(2)12-23-20(25)17-18(14-8-10-15(22)11-9-14)24(27-19(17)21(23)26)16-6-4-3-5-7-16/h3-11,13,17-19H,12H2,1-2H3. The Labute approximate surface area is 157 Å². The summed E-state index contributed by atoms with van der Waals surface area (Å²) in [5, 5.41) is 1.62. The van der Waals surface area contributed by atoms with Crippen molar-refractivity contribution in [1.29, 1.82) is 0 Å². The maximum absolute atomic E-state index is 13.4. The molecule has 6 heteroatoms. The molecule has 140 valence electrons. The van der Waals surface area contributed by atoms with Gasteiger partial charge in [0, 0.05) is 6.54 Å². The number of likely N-dealkylation sites (tertiary alicyclic amines) is 1. The van der Waals surface area contributed by atoms with E-state index in [1.165, 1.54) is 17.0 Å². The number of para-hydroxylation sites is 1. The van der Waals surface area contributed by atoms with Gasteiger partial charge in [0.15, 0.2) is 6.10 Å². The second-order valence-corrected chi connectivity index (χ2v) is 7.39. The van der Waals surface area contributed by atoms with Crippen LogP contribution in [0.1, 0.15) is 25.5 Å². The maximum Gasteiger partial charge on any atom is 0.262 e. The normalized spacial score (nSPS) is 24.8. The molecule has 0 N–H and O–H groups in total. The number of nitrogens with zero attached hydrogens (tertiary/aromatic N) is 2. The van der Waals surface area contributed by atoms with Crippen molar-refractivity contribution in [2.24, 2.45) is 11.8 Å². The number of carbonyl (C=O) groups excluding carboxylic acids is 2. The summed E-state index contributed by atoms with van der Waals surface area (Å²) in [6.45, 7) is 4.29. The van der Waals surface area contributed by atoms with Crippen LogP contribution >= 0.6 is 0 Å². The summed E-state index contributed by atoms with van der Waals surface area (Å²) in [6, 6.07) is 14.8. The van der Waals surface area contributed by atoms with E-state index in [0.29, 0.717) is 6.54 Å². The quantitative estimate of drug-likeness (QED) is 0.777. The Morgan fingerprint density at radius 2 is 1.67 bits per heavy atom. The minimum absolute atomic E-state index is 0.172. The lowest BCUT2D eigenvalue weighted by Gasteiger charge is -2.29. The highest BCUT2D eigenvalue weighted by atomic mass is 19.1. The number of imide groups is 1. The van der Waals surface area contributed by atoms with Gasteiger partial charge in [0.25, 0.3) is 5.91 Å². The minimum atomic E-state index is -0.855. The largest absolute Gasteiger partial charge is 0.280 e. The van der Waals surface area contributed by atoms with Gasteiger partial charge in [-0.2, -0.15) is 0 Å². The van der Waals surface area contributed by atoms with E-state index >= 15 is 0 Å². The molecule has 2 aromatic carbocycles. The highest BCUT2D eigenvalue weighted by Crippen LogP contribution is 2.46. The summed E-state index contributed by atoms with van der Waals surface area (Å²) in [7, 11) is 0. The van der Waals surface area contributed by atoms with Crippen molar-refractivity contribution in [3.8, 4) is 0 Å². The molecule has 0 bridgehead atoms. The van der Waals surface area contributed by atoms with E-state index < -0.39 is 18.1 Å². The Kier molecular flexibility index (Phi) is 4.44. The lowest BCUT2D eigenvalue weighted by molar-refractivity contribution is -0.143. The second kappa shape index (κ2) is 6.78. The molecule has 3 atom stereocenters. The highest BCUT2D eigenvalue weighted by Gasteiger charge is 2.59. The van der Waals surface area contributed by atoms with Gasteiger partial charge in [0.2, 0.25) is 5.91 Å². The number of hydrogen-bond acceptors (Lipinski definition) is 4. The fraction of sp³-hybridized carbons (Fsp3) is 0.333. The molecule has 0 aliphatic carbocycles. The molecule has 2 aliphatic rings. The molecule has 4 rings (SSSR count). The first-order valence-electron chi connectivity index (χ1n) is 9.09. The summed E-state index contributed by atoms with van der Waals surface area (Å²) in [5.41, 5.74) is 1.48. The number of hydrogen-bond donors (Lipinski definition) is 0. The number of amides is 2. The predicted octanol–water partition coefficient (Wildman–Crippen LogP) is 3.33. The predicted molar refractivity (Wildman–Crippen MR) is 98.0 cm³/mol. The van der Waals surface area contributed by atoms with Crippen molar-refractivity contribution in [3.05, 3.63) is 66.0 Å². The van der Waals surface area contributed by atoms with Gasteiger partial charge in [0.1, 0.15) is 11.7 Å². The summed E-state index contributed by atoms with van der Waals surface area (Å²) in [6.07, 6.45) is -0.855. The van der Waals surface area contributed by atoms with E-state index in [9.17, 15) is 14.0 Å². The smallest absolute Gasteiger partial charge is 0.262 e. The first kappa shape index (κ1) is 17.7. The third kappa shape index (κ3) is 3.00. The summed E-state index contributed by atoms with van der Waals surface area (Å²) in [4.78, 5) is 33.2. The molecule has 2 fully saturated rings. The molecule has 2 amide bonds. The second-order valence-electron chi connectivity index (χ2n) is 7.39. The van der Waals surface area contributed by atoms with Crippen molar-refractivity contribution in [1.82, 2.24) is 4.90 Å². The van der Waals surface area contributed by atoms with Crippen molar-refractivity contribution >= 4 is 17.5 Å². The van der Waals surface area contributed by atoms with Crippen LogP contribution in [-0.4, -0.2) is 29.4 Å². The average Bonchev–Trinajstić information content (AvgIpc) is 3.15. The molecule has 3 unspecified atom stereocenters. The Bertz CT molecular complexity index is 853. The molecule has 0 radical (unpaired) electrons. The van der Waals surface area contributed by atoms with E-state index in [0.717, 1.165) is 11.3 Å². The summed E-state index contributed by atoms with van der Waals surface area (Å²) >= 11 is 0. The van der Waals surface area contributed by atoms with Crippen LogP contribution in [0.15, 0.2) is 54.6 Å². The highest BCUT2D eigenvalue weighted by molar-refractivity contribution is 6.07. The van der Waals surface area contributed by atoms with Crippen LogP contribution in [0.4, 0.5) is 10.1 Å². The Morgan fingerprint density at radius 3 is 2.30 bits per heavy atom. The molecular weight excluding hydrogens is 347 g/mol. The van der Waals surface area contributed by atoms with E-state index in [4.69, 9.17) is 4.84 Å². The molecule has 2 heterocycles. The van der Waals surface area contributed by atoms with Crippen molar-refractivity contribution in [2.45, 2.75) is 26.0 Å². The number of fused-ring (bicyclic) bond motifs is 1. The third-order valence-electron chi connectivity index (χ3n) is 4.98. The number of halogens is 1. The van der Waals surface area contributed by atoms with Gasteiger partial charge in [-0.1, -0.05) is 44.2 Å². The molecule has 0 aromatic heterocycles. The van der Waals surface area contributed by atoms with Gasteiger partial charge in [-0.25, -0.2) is 9.45 Å². The van der Waals surface area contributed by atoms with E-state index in [1.807, 2.05) is 44.2 Å². The summed E-state index contributed by atoms with van der Waals surface area (Å²) in [5.74, 6) is -1.36. The van der Waals surface area contributed by atoms with E-state index in [-0.39, 0.29) is 23.5 Å². The lowest BCUT2D eigenvalue weighted by Crippen LogP contribution is -2.39. The van der Waals surface area contributed by atoms with Gasteiger partial charge in [-0.15, -0.1) is 0 Å². The van der Waals surface area contributed by atoms with Crippen molar-refractivity contribution in [3.63, 3.8) is 0 Å². The van der Waals surface area contributed by atoms with Crippen LogP contribution in [0.5, 0.6) is 0 Å². The molecule has 5 nitrogen and oxygen atoms in total. The van der Waals surface area contributed by atoms with Gasteiger partial charge in [-0.3, -0.25) is 19.3 Å². The zero-order chi connectivity index (χ0) is 19.1. The fourth-order valence-corrected chi connectivity index (χ4v) is 3.81. The Balaban J connectivity index is 1.76.